The summed E-state index contributed by atoms with van der Waals surface area (Å²) in [4.78, 5) is 13.9. The van der Waals surface area contributed by atoms with Crippen molar-refractivity contribution in [3.63, 3.8) is 0 Å². The molecule has 0 radical (unpaired) electrons. The fourth-order valence-electron chi connectivity index (χ4n) is 3.06. The lowest BCUT2D eigenvalue weighted by Gasteiger charge is -2.30. The van der Waals surface area contributed by atoms with Crippen LogP contribution in [0.2, 0.25) is 0 Å². The smallest absolute Gasteiger partial charge is 0.127 e. The lowest BCUT2D eigenvalue weighted by Crippen LogP contribution is -2.38. The zero-order valence-corrected chi connectivity index (χ0v) is 12.0. The van der Waals surface area contributed by atoms with Crippen LogP contribution in [-0.4, -0.2) is 41.3 Å². The van der Waals surface area contributed by atoms with E-state index in [1.807, 2.05) is 0 Å². The highest BCUT2D eigenvalue weighted by molar-refractivity contribution is 8.00. The highest BCUT2D eigenvalue weighted by atomic mass is 32.2. The quantitative estimate of drug-likeness (QED) is 0.723. The molecule has 0 N–H and O–H groups in total. The molecule has 0 aromatic heterocycles. The molecule has 0 aromatic rings. The van der Waals surface area contributed by atoms with E-state index < -0.39 is 0 Å². The molecular formula is C14H25NOS. The Morgan fingerprint density at radius 1 is 1.18 bits per heavy atom. The van der Waals surface area contributed by atoms with E-state index in [9.17, 15) is 4.79 Å². The maximum absolute atomic E-state index is 11.4. The maximum atomic E-state index is 11.4. The SMILES string of the molecule is CC1(C)CCN(CC2(C=O)CCCC2)CCS1. The minimum absolute atomic E-state index is 0.000844. The molecule has 0 atom stereocenters. The number of aldehydes is 1. The fraction of sp³-hybridized carbons (Fsp3) is 0.929. The van der Waals surface area contributed by atoms with Crippen molar-refractivity contribution >= 4 is 18.0 Å². The first-order chi connectivity index (χ1) is 8.05. The summed E-state index contributed by atoms with van der Waals surface area (Å²) in [5.74, 6) is 1.21. The minimum atomic E-state index is -0.000844. The van der Waals surface area contributed by atoms with Gasteiger partial charge in [-0.2, -0.15) is 11.8 Å². The Kier molecular flexibility index (Phi) is 4.19. The average Bonchev–Trinajstić information content (AvgIpc) is 2.68. The molecule has 1 saturated carbocycles. The highest BCUT2D eigenvalue weighted by Gasteiger charge is 2.36. The number of nitrogens with zero attached hydrogens (tertiary/aromatic N) is 1. The van der Waals surface area contributed by atoms with E-state index in [0.717, 1.165) is 32.5 Å². The van der Waals surface area contributed by atoms with E-state index in [-0.39, 0.29) is 5.41 Å². The Balaban J connectivity index is 1.92. The normalized spacial score (nSPS) is 28.8. The van der Waals surface area contributed by atoms with E-state index in [1.54, 1.807) is 0 Å². The molecule has 17 heavy (non-hydrogen) atoms. The third kappa shape index (κ3) is 3.47. The summed E-state index contributed by atoms with van der Waals surface area (Å²) in [7, 11) is 0. The van der Waals surface area contributed by atoms with E-state index in [2.05, 4.69) is 30.5 Å². The molecular weight excluding hydrogens is 230 g/mol. The lowest BCUT2D eigenvalue weighted by molar-refractivity contribution is -0.117. The second-order valence-corrected chi connectivity index (χ2v) is 8.12. The maximum Gasteiger partial charge on any atom is 0.127 e. The van der Waals surface area contributed by atoms with Gasteiger partial charge >= 0.3 is 0 Å². The van der Waals surface area contributed by atoms with Gasteiger partial charge in [-0.3, -0.25) is 0 Å². The van der Waals surface area contributed by atoms with Gasteiger partial charge in [0.15, 0.2) is 0 Å². The summed E-state index contributed by atoms with van der Waals surface area (Å²) in [6, 6.07) is 0. The van der Waals surface area contributed by atoms with Gasteiger partial charge in [-0.1, -0.05) is 26.7 Å². The van der Waals surface area contributed by atoms with Gasteiger partial charge in [0.1, 0.15) is 6.29 Å². The highest BCUT2D eigenvalue weighted by Crippen LogP contribution is 2.38. The van der Waals surface area contributed by atoms with Crippen LogP contribution < -0.4 is 0 Å². The molecule has 1 saturated heterocycles. The molecule has 1 aliphatic heterocycles. The number of hydrogen-bond donors (Lipinski definition) is 0. The third-order valence-corrected chi connectivity index (χ3v) is 5.69. The standard InChI is InChI=1S/C14H25NOS/c1-13(2)7-8-15(9-10-17-13)11-14(12-16)5-3-4-6-14/h12H,3-11H2,1-2H3. The van der Waals surface area contributed by atoms with Gasteiger partial charge in [0.25, 0.3) is 0 Å². The summed E-state index contributed by atoms with van der Waals surface area (Å²) in [5.41, 5.74) is -0.000844. The molecule has 0 spiro atoms. The number of carbonyl (C=O) groups is 1. The summed E-state index contributed by atoms with van der Waals surface area (Å²) >= 11 is 2.08. The van der Waals surface area contributed by atoms with Crippen LogP contribution in [0.15, 0.2) is 0 Å². The van der Waals surface area contributed by atoms with Crippen LogP contribution in [0.3, 0.4) is 0 Å². The summed E-state index contributed by atoms with van der Waals surface area (Å²) in [6.07, 6.45) is 7.21. The Bertz CT molecular complexity index is 271. The first-order valence-electron chi connectivity index (χ1n) is 6.88. The minimum Gasteiger partial charge on any atom is -0.303 e. The van der Waals surface area contributed by atoms with Crippen molar-refractivity contribution in [3.05, 3.63) is 0 Å². The zero-order chi connectivity index (χ0) is 12.4. The Labute approximate surface area is 110 Å². The predicted molar refractivity (Wildman–Crippen MR) is 74.6 cm³/mol. The Hall–Kier alpha value is -0.0200. The molecule has 2 rings (SSSR count). The monoisotopic (exact) mass is 255 g/mol. The van der Waals surface area contributed by atoms with Crippen LogP contribution in [-0.2, 0) is 4.79 Å². The van der Waals surface area contributed by atoms with Gasteiger partial charge in [-0.05, 0) is 25.8 Å². The number of rotatable bonds is 3. The summed E-state index contributed by atoms with van der Waals surface area (Å²) < 4.78 is 0.415. The van der Waals surface area contributed by atoms with Crippen LogP contribution in [0.25, 0.3) is 0 Å². The van der Waals surface area contributed by atoms with Crippen molar-refractivity contribution in [2.45, 2.75) is 50.7 Å². The molecule has 0 bridgehead atoms. The molecule has 1 heterocycles. The lowest BCUT2D eigenvalue weighted by atomic mass is 9.87. The van der Waals surface area contributed by atoms with Crippen molar-refractivity contribution < 1.29 is 4.79 Å². The molecule has 2 aliphatic rings. The van der Waals surface area contributed by atoms with Crippen LogP contribution in [0.5, 0.6) is 0 Å². The zero-order valence-electron chi connectivity index (χ0n) is 11.2. The van der Waals surface area contributed by atoms with Crippen LogP contribution in [0.1, 0.15) is 46.0 Å². The van der Waals surface area contributed by atoms with Crippen molar-refractivity contribution in [1.29, 1.82) is 0 Å². The van der Waals surface area contributed by atoms with Crippen molar-refractivity contribution in [2.24, 2.45) is 5.41 Å². The fourth-order valence-corrected chi connectivity index (χ4v) is 4.20. The summed E-state index contributed by atoms with van der Waals surface area (Å²) in [6.45, 7) is 8.00. The first-order valence-corrected chi connectivity index (χ1v) is 7.87. The molecule has 0 amide bonds. The third-order valence-electron chi connectivity index (χ3n) is 4.32. The molecule has 0 unspecified atom stereocenters. The van der Waals surface area contributed by atoms with Gasteiger partial charge < -0.3 is 9.69 Å². The molecule has 3 heteroatoms. The van der Waals surface area contributed by atoms with E-state index in [1.165, 1.54) is 31.3 Å². The topological polar surface area (TPSA) is 20.3 Å². The molecule has 1 aliphatic carbocycles. The van der Waals surface area contributed by atoms with Crippen LogP contribution >= 0.6 is 11.8 Å². The van der Waals surface area contributed by atoms with Crippen LogP contribution in [0.4, 0.5) is 0 Å². The molecule has 2 nitrogen and oxygen atoms in total. The van der Waals surface area contributed by atoms with E-state index in [4.69, 9.17) is 0 Å². The summed E-state index contributed by atoms with van der Waals surface area (Å²) in [5, 5.41) is 0. The van der Waals surface area contributed by atoms with E-state index >= 15 is 0 Å². The van der Waals surface area contributed by atoms with Gasteiger partial charge in [0.05, 0.1) is 0 Å². The largest absolute Gasteiger partial charge is 0.303 e. The second-order valence-electron chi connectivity index (χ2n) is 6.32. The first kappa shape index (κ1) is 13.4. The number of thioether (sulfide) groups is 1. The molecule has 98 valence electrons. The average molecular weight is 255 g/mol. The molecule has 2 fully saturated rings. The van der Waals surface area contributed by atoms with Crippen molar-refractivity contribution in [2.75, 3.05) is 25.4 Å². The van der Waals surface area contributed by atoms with Crippen molar-refractivity contribution in [1.82, 2.24) is 4.90 Å². The Morgan fingerprint density at radius 3 is 2.53 bits per heavy atom. The molecule has 0 aromatic carbocycles. The number of hydrogen-bond acceptors (Lipinski definition) is 3. The van der Waals surface area contributed by atoms with E-state index in [0.29, 0.717) is 4.75 Å². The predicted octanol–water partition coefficient (Wildman–Crippen LogP) is 2.96. The Morgan fingerprint density at radius 2 is 1.88 bits per heavy atom. The number of carbonyl (C=O) groups excluding carboxylic acids is 1. The van der Waals surface area contributed by atoms with Crippen LogP contribution in [0, 0.1) is 5.41 Å². The van der Waals surface area contributed by atoms with Gasteiger partial charge in [0, 0.05) is 29.0 Å². The van der Waals surface area contributed by atoms with Crippen molar-refractivity contribution in [3.8, 4) is 0 Å². The van der Waals surface area contributed by atoms with Gasteiger partial charge in [-0.25, -0.2) is 0 Å². The second kappa shape index (κ2) is 5.31. The van der Waals surface area contributed by atoms with Gasteiger partial charge in [-0.15, -0.1) is 0 Å². The van der Waals surface area contributed by atoms with Gasteiger partial charge in [0.2, 0.25) is 0 Å².